The van der Waals surface area contributed by atoms with E-state index < -0.39 is 38.7 Å². The molecule has 0 amide bonds. The SMILES string of the molecule is O=C(Cl)C1CCCC(S(=O)O)C1C(=O)Cl. The molecule has 0 radical (unpaired) electrons. The Morgan fingerprint density at radius 2 is 1.80 bits per heavy atom. The molecule has 1 saturated carbocycles. The van der Waals surface area contributed by atoms with Crippen molar-refractivity contribution >= 4 is 44.8 Å². The van der Waals surface area contributed by atoms with Gasteiger partial charge in [0, 0.05) is 5.92 Å². The van der Waals surface area contributed by atoms with Crippen molar-refractivity contribution in [3.05, 3.63) is 0 Å². The van der Waals surface area contributed by atoms with E-state index in [1.54, 1.807) is 0 Å². The van der Waals surface area contributed by atoms with E-state index in [0.717, 1.165) is 0 Å². The molecule has 0 saturated heterocycles. The van der Waals surface area contributed by atoms with Crippen molar-refractivity contribution in [3.8, 4) is 0 Å². The van der Waals surface area contributed by atoms with Gasteiger partial charge in [-0.25, -0.2) is 4.21 Å². The maximum atomic E-state index is 11.1. The third-order valence-corrected chi connectivity index (χ3v) is 4.23. The average molecular weight is 273 g/mol. The van der Waals surface area contributed by atoms with Crippen LogP contribution in [0.5, 0.6) is 0 Å². The first kappa shape index (κ1) is 13.1. The van der Waals surface area contributed by atoms with Crippen LogP contribution in [0.4, 0.5) is 0 Å². The summed E-state index contributed by atoms with van der Waals surface area (Å²) < 4.78 is 20.0. The van der Waals surface area contributed by atoms with Crippen LogP contribution in [-0.2, 0) is 20.7 Å². The van der Waals surface area contributed by atoms with E-state index in [9.17, 15) is 13.8 Å². The van der Waals surface area contributed by atoms with Crippen LogP contribution in [0.3, 0.4) is 0 Å². The molecule has 0 aromatic carbocycles. The molecule has 0 spiro atoms. The lowest BCUT2D eigenvalue weighted by Crippen LogP contribution is -2.41. The fourth-order valence-electron chi connectivity index (χ4n) is 1.94. The molecule has 4 atom stereocenters. The van der Waals surface area contributed by atoms with Gasteiger partial charge in [0.15, 0.2) is 11.1 Å². The topological polar surface area (TPSA) is 71.4 Å². The maximum absolute atomic E-state index is 11.1. The highest BCUT2D eigenvalue weighted by Crippen LogP contribution is 2.35. The van der Waals surface area contributed by atoms with Crippen molar-refractivity contribution in [3.63, 3.8) is 0 Å². The highest BCUT2D eigenvalue weighted by molar-refractivity contribution is 7.80. The quantitative estimate of drug-likeness (QED) is 0.625. The summed E-state index contributed by atoms with van der Waals surface area (Å²) in [5, 5.41) is -2.21. The number of rotatable bonds is 3. The highest BCUT2D eigenvalue weighted by Gasteiger charge is 2.43. The third kappa shape index (κ3) is 3.00. The average Bonchev–Trinajstić information content (AvgIpc) is 2.16. The molecule has 0 heterocycles. The normalized spacial score (nSPS) is 33.4. The molecule has 0 aliphatic heterocycles. The van der Waals surface area contributed by atoms with Crippen molar-refractivity contribution in [2.75, 3.05) is 0 Å². The number of halogens is 2. The Bertz CT molecular complexity index is 285. The summed E-state index contributed by atoms with van der Waals surface area (Å²) in [6.45, 7) is 0. The molecule has 7 heteroatoms. The number of hydrogen-bond donors (Lipinski definition) is 1. The molecule has 0 bridgehead atoms. The van der Waals surface area contributed by atoms with Crippen molar-refractivity contribution in [1.29, 1.82) is 0 Å². The predicted octanol–water partition coefficient (Wildman–Crippen LogP) is 1.52. The van der Waals surface area contributed by atoms with Gasteiger partial charge in [-0.05, 0) is 36.0 Å². The standard InChI is InChI=1S/C8H10Cl2O4S/c9-7(11)4-2-1-3-5(15(13)14)6(4)8(10)12/h4-6H,1-3H2,(H,13,14). The van der Waals surface area contributed by atoms with Gasteiger partial charge in [-0.2, -0.15) is 0 Å². The second-order valence-corrected chi connectivity index (χ2v) is 5.39. The molecule has 4 nitrogen and oxygen atoms in total. The van der Waals surface area contributed by atoms with Crippen LogP contribution >= 0.6 is 23.2 Å². The van der Waals surface area contributed by atoms with Gasteiger partial charge in [-0.15, -0.1) is 0 Å². The van der Waals surface area contributed by atoms with Crippen LogP contribution in [0.1, 0.15) is 19.3 Å². The molecule has 15 heavy (non-hydrogen) atoms. The second-order valence-electron chi connectivity index (χ2n) is 3.49. The van der Waals surface area contributed by atoms with Crippen LogP contribution in [0.2, 0.25) is 0 Å². The van der Waals surface area contributed by atoms with Crippen LogP contribution < -0.4 is 0 Å². The lowest BCUT2D eigenvalue weighted by atomic mass is 9.80. The van der Waals surface area contributed by atoms with Gasteiger partial charge in [-0.1, -0.05) is 6.42 Å². The largest absolute Gasteiger partial charge is 0.306 e. The number of carbonyl (C=O) groups excluding carboxylic acids is 2. The Kier molecular flexibility index (Phi) is 4.70. The smallest absolute Gasteiger partial charge is 0.226 e. The first-order valence-corrected chi connectivity index (χ1v) is 6.36. The summed E-state index contributed by atoms with van der Waals surface area (Å²) in [5.74, 6) is -1.66. The summed E-state index contributed by atoms with van der Waals surface area (Å²) in [6.07, 6.45) is 1.45. The Balaban J connectivity index is 2.95. The maximum Gasteiger partial charge on any atom is 0.226 e. The van der Waals surface area contributed by atoms with E-state index in [0.29, 0.717) is 19.3 Å². The monoisotopic (exact) mass is 272 g/mol. The molecule has 0 aromatic heterocycles. The lowest BCUT2D eigenvalue weighted by Gasteiger charge is -2.31. The zero-order valence-corrected chi connectivity index (χ0v) is 10.0. The minimum Gasteiger partial charge on any atom is -0.306 e. The molecule has 1 aliphatic carbocycles. The Morgan fingerprint density at radius 3 is 2.20 bits per heavy atom. The van der Waals surface area contributed by atoms with E-state index in [-0.39, 0.29) is 0 Å². The fourth-order valence-corrected chi connectivity index (χ4v) is 3.50. The molecule has 0 aromatic rings. The van der Waals surface area contributed by atoms with Gasteiger partial charge in [0.05, 0.1) is 11.2 Å². The summed E-state index contributed by atoms with van der Waals surface area (Å²) >= 11 is 8.52. The fraction of sp³-hybridized carbons (Fsp3) is 0.750. The molecule has 86 valence electrons. The first-order chi connectivity index (χ1) is 6.95. The van der Waals surface area contributed by atoms with Gasteiger partial charge < -0.3 is 4.55 Å². The minimum atomic E-state index is -2.16. The summed E-state index contributed by atoms with van der Waals surface area (Å²) in [7, 11) is 0. The lowest BCUT2D eigenvalue weighted by molar-refractivity contribution is -0.125. The zero-order chi connectivity index (χ0) is 11.6. The highest BCUT2D eigenvalue weighted by atomic mass is 35.5. The first-order valence-electron chi connectivity index (χ1n) is 4.43. The minimum absolute atomic E-state index is 0.410. The molecular weight excluding hydrogens is 263 g/mol. The van der Waals surface area contributed by atoms with E-state index in [1.165, 1.54) is 0 Å². The zero-order valence-electron chi connectivity index (χ0n) is 7.69. The third-order valence-electron chi connectivity index (χ3n) is 2.65. The van der Waals surface area contributed by atoms with Gasteiger partial charge in [0.2, 0.25) is 10.5 Å². The number of hydrogen-bond acceptors (Lipinski definition) is 3. The van der Waals surface area contributed by atoms with E-state index in [1.807, 2.05) is 0 Å². The second kappa shape index (κ2) is 5.39. The van der Waals surface area contributed by atoms with Crippen LogP contribution in [-0.4, -0.2) is 24.5 Å². The van der Waals surface area contributed by atoms with Gasteiger partial charge >= 0.3 is 0 Å². The van der Waals surface area contributed by atoms with E-state index in [2.05, 4.69) is 0 Å². The van der Waals surface area contributed by atoms with Crippen molar-refractivity contribution in [2.24, 2.45) is 11.8 Å². The summed E-state index contributed by atoms with van der Waals surface area (Å²) in [4.78, 5) is 22.2. The number of carbonyl (C=O) groups is 2. The van der Waals surface area contributed by atoms with Gasteiger partial charge in [0.25, 0.3) is 0 Å². The van der Waals surface area contributed by atoms with Crippen molar-refractivity contribution in [2.45, 2.75) is 24.5 Å². The molecule has 1 rings (SSSR count). The predicted molar refractivity (Wildman–Crippen MR) is 57.1 cm³/mol. The molecule has 1 aliphatic rings. The Hall–Kier alpha value is 0.0300. The Morgan fingerprint density at radius 1 is 1.20 bits per heavy atom. The molecular formula is C8H10Cl2O4S. The van der Waals surface area contributed by atoms with Crippen LogP contribution in [0.25, 0.3) is 0 Å². The van der Waals surface area contributed by atoms with Crippen molar-refractivity contribution < 1.29 is 18.4 Å². The molecule has 1 fully saturated rings. The molecule has 4 unspecified atom stereocenters. The van der Waals surface area contributed by atoms with E-state index >= 15 is 0 Å². The van der Waals surface area contributed by atoms with Gasteiger partial charge in [-0.3, -0.25) is 9.59 Å². The summed E-state index contributed by atoms with van der Waals surface area (Å²) in [6, 6.07) is 0. The van der Waals surface area contributed by atoms with Gasteiger partial charge in [0.1, 0.15) is 0 Å². The summed E-state index contributed by atoms with van der Waals surface area (Å²) in [5.41, 5.74) is 0. The molecule has 1 N–H and O–H groups in total. The Labute approximate surface area is 99.6 Å². The van der Waals surface area contributed by atoms with Crippen LogP contribution in [0.15, 0.2) is 0 Å². The van der Waals surface area contributed by atoms with E-state index in [4.69, 9.17) is 27.8 Å². The van der Waals surface area contributed by atoms with Crippen molar-refractivity contribution in [1.82, 2.24) is 0 Å². The van der Waals surface area contributed by atoms with Crippen LogP contribution in [0, 0.1) is 11.8 Å².